The normalized spacial score (nSPS) is 16.2. The average molecular weight is 275 g/mol. The average Bonchev–Trinajstić information content (AvgIpc) is 3.18. The Balaban J connectivity index is 1.80. The molecular formula is C15H17NO4. The molecular weight excluding hydrogens is 258 g/mol. The first kappa shape index (κ1) is 13.0. The minimum Gasteiger partial charge on any atom is -0.467 e. The highest BCUT2D eigenvalue weighted by molar-refractivity contribution is 5.91. The van der Waals surface area contributed by atoms with Gasteiger partial charge in [0.05, 0.1) is 19.1 Å². The number of nitrogens with zero attached hydrogens (tertiary/aromatic N) is 1. The van der Waals surface area contributed by atoms with Crippen LogP contribution in [0.4, 0.5) is 0 Å². The van der Waals surface area contributed by atoms with Crippen molar-refractivity contribution >= 4 is 5.91 Å². The topological polar surface area (TPSA) is 55.8 Å². The Kier molecular flexibility index (Phi) is 3.87. The molecule has 0 atom stereocenters. The van der Waals surface area contributed by atoms with E-state index >= 15 is 0 Å². The molecule has 0 spiro atoms. The molecule has 0 unspecified atom stereocenters. The summed E-state index contributed by atoms with van der Waals surface area (Å²) in [6.45, 7) is 1.83. The van der Waals surface area contributed by atoms with Gasteiger partial charge in [0.1, 0.15) is 5.76 Å². The summed E-state index contributed by atoms with van der Waals surface area (Å²) in [5.41, 5.74) is 0. The molecule has 0 N–H and O–H groups in total. The summed E-state index contributed by atoms with van der Waals surface area (Å²) in [6, 6.07) is 7.28. The van der Waals surface area contributed by atoms with E-state index in [4.69, 9.17) is 13.6 Å². The summed E-state index contributed by atoms with van der Waals surface area (Å²) in [4.78, 5) is 14.4. The Morgan fingerprint density at radius 3 is 2.55 bits per heavy atom. The minimum atomic E-state index is -0.0988. The number of carbonyl (C=O) groups excluding carboxylic acids is 1. The highest BCUT2D eigenvalue weighted by atomic mass is 16.5. The van der Waals surface area contributed by atoms with E-state index in [9.17, 15) is 4.79 Å². The lowest BCUT2D eigenvalue weighted by Gasteiger charge is -2.33. The zero-order chi connectivity index (χ0) is 13.8. The van der Waals surface area contributed by atoms with Crippen molar-refractivity contribution in [3.8, 4) is 0 Å². The monoisotopic (exact) mass is 275 g/mol. The van der Waals surface area contributed by atoms with Crippen molar-refractivity contribution < 1.29 is 18.4 Å². The number of hydrogen-bond acceptors (Lipinski definition) is 4. The lowest BCUT2D eigenvalue weighted by Crippen LogP contribution is -2.42. The van der Waals surface area contributed by atoms with E-state index in [2.05, 4.69) is 0 Å². The molecule has 1 aliphatic heterocycles. The molecule has 2 aromatic heterocycles. The summed E-state index contributed by atoms with van der Waals surface area (Å²) in [5, 5.41) is 0. The first-order valence-corrected chi connectivity index (χ1v) is 6.79. The van der Waals surface area contributed by atoms with E-state index in [0.29, 0.717) is 25.5 Å². The number of furan rings is 2. The first-order valence-electron chi connectivity index (χ1n) is 6.79. The van der Waals surface area contributed by atoms with Gasteiger partial charge in [0.2, 0.25) is 0 Å². The van der Waals surface area contributed by atoms with Crippen LogP contribution >= 0.6 is 0 Å². The van der Waals surface area contributed by atoms with Gasteiger partial charge >= 0.3 is 0 Å². The predicted molar refractivity (Wildman–Crippen MR) is 71.1 cm³/mol. The van der Waals surface area contributed by atoms with Crippen molar-refractivity contribution in [1.29, 1.82) is 0 Å². The Bertz CT molecular complexity index is 526. The lowest BCUT2D eigenvalue weighted by atomic mass is 10.1. The van der Waals surface area contributed by atoms with Crippen LogP contribution in [0.1, 0.15) is 29.2 Å². The summed E-state index contributed by atoms with van der Waals surface area (Å²) in [7, 11) is 0. The molecule has 1 fully saturated rings. The molecule has 20 heavy (non-hydrogen) atoms. The van der Waals surface area contributed by atoms with Gasteiger partial charge in [0.25, 0.3) is 5.91 Å². The van der Waals surface area contributed by atoms with E-state index in [-0.39, 0.29) is 11.9 Å². The van der Waals surface area contributed by atoms with Crippen LogP contribution in [0.25, 0.3) is 0 Å². The fourth-order valence-corrected chi connectivity index (χ4v) is 2.48. The van der Waals surface area contributed by atoms with Gasteiger partial charge in [0, 0.05) is 19.3 Å². The fraction of sp³-hybridized carbons (Fsp3) is 0.400. The molecule has 5 nitrogen and oxygen atoms in total. The SMILES string of the molecule is O=C(c1ccco1)N(Cc1ccco1)C1CCOCC1. The highest BCUT2D eigenvalue weighted by Gasteiger charge is 2.28. The molecule has 106 valence electrons. The third kappa shape index (κ3) is 2.77. The van der Waals surface area contributed by atoms with Crippen LogP contribution in [0.3, 0.4) is 0 Å². The third-order valence-corrected chi connectivity index (χ3v) is 3.53. The van der Waals surface area contributed by atoms with E-state index in [1.165, 1.54) is 6.26 Å². The Morgan fingerprint density at radius 2 is 1.90 bits per heavy atom. The number of carbonyl (C=O) groups is 1. The molecule has 2 aromatic rings. The lowest BCUT2D eigenvalue weighted by molar-refractivity contribution is 0.0232. The second-order valence-corrected chi connectivity index (χ2v) is 4.83. The van der Waals surface area contributed by atoms with Gasteiger partial charge < -0.3 is 18.5 Å². The van der Waals surface area contributed by atoms with Gasteiger partial charge in [-0.2, -0.15) is 0 Å². The maximum absolute atomic E-state index is 12.6. The summed E-state index contributed by atoms with van der Waals surface area (Å²) in [6.07, 6.45) is 4.82. The Hall–Kier alpha value is -2.01. The van der Waals surface area contributed by atoms with Crippen molar-refractivity contribution in [2.24, 2.45) is 0 Å². The molecule has 0 aromatic carbocycles. The fourth-order valence-electron chi connectivity index (χ4n) is 2.48. The van der Waals surface area contributed by atoms with Crippen LogP contribution in [-0.2, 0) is 11.3 Å². The molecule has 1 aliphatic rings. The Morgan fingerprint density at radius 1 is 1.15 bits per heavy atom. The molecule has 3 rings (SSSR count). The molecule has 0 aliphatic carbocycles. The van der Waals surface area contributed by atoms with Crippen molar-refractivity contribution in [2.75, 3.05) is 13.2 Å². The number of amides is 1. The van der Waals surface area contributed by atoms with Crippen LogP contribution < -0.4 is 0 Å². The van der Waals surface area contributed by atoms with E-state index < -0.39 is 0 Å². The van der Waals surface area contributed by atoms with Gasteiger partial charge in [-0.05, 0) is 37.1 Å². The zero-order valence-electron chi connectivity index (χ0n) is 11.2. The highest BCUT2D eigenvalue weighted by Crippen LogP contribution is 2.20. The van der Waals surface area contributed by atoms with Gasteiger partial charge in [-0.3, -0.25) is 4.79 Å². The number of hydrogen-bond donors (Lipinski definition) is 0. The van der Waals surface area contributed by atoms with E-state index in [1.54, 1.807) is 18.4 Å². The van der Waals surface area contributed by atoms with E-state index in [1.807, 2.05) is 17.0 Å². The predicted octanol–water partition coefficient (Wildman–Crippen LogP) is 2.69. The minimum absolute atomic E-state index is 0.0988. The maximum atomic E-state index is 12.6. The molecule has 0 bridgehead atoms. The molecule has 1 saturated heterocycles. The van der Waals surface area contributed by atoms with Crippen LogP contribution in [0, 0.1) is 0 Å². The number of ether oxygens (including phenoxy) is 1. The molecule has 3 heterocycles. The smallest absolute Gasteiger partial charge is 0.290 e. The van der Waals surface area contributed by atoms with Crippen LogP contribution in [0.15, 0.2) is 45.6 Å². The second kappa shape index (κ2) is 5.96. The maximum Gasteiger partial charge on any atom is 0.290 e. The summed E-state index contributed by atoms with van der Waals surface area (Å²) in [5.74, 6) is 1.04. The van der Waals surface area contributed by atoms with Crippen molar-refractivity contribution in [3.63, 3.8) is 0 Å². The van der Waals surface area contributed by atoms with Crippen molar-refractivity contribution in [3.05, 3.63) is 48.3 Å². The van der Waals surface area contributed by atoms with Crippen LogP contribution in [-0.4, -0.2) is 30.1 Å². The van der Waals surface area contributed by atoms with Gasteiger partial charge in [-0.1, -0.05) is 0 Å². The summed E-state index contributed by atoms with van der Waals surface area (Å²) >= 11 is 0. The zero-order valence-corrected chi connectivity index (χ0v) is 11.2. The molecule has 5 heteroatoms. The molecule has 1 amide bonds. The summed E-state index contributed by atoms with van der Waals surface area (Å²) < 4.78 is 16.0. The standard InChI is InChI=1S/C15H17NO4/c17-15(14-4-2-8-20-14)16(11-13-3-1-7-19-13)12-5-9-18-10-6-12/h1-4,7-8,12H,5-6,9-11H2. The van der Waals surface area contributed by atoms with Gasteiger partial charge in [0.15, 0.2) is 5.76 Å². The quantitative estimate of drug-likeness (QED) is 0.860. The van der Waals surface area contributed by atoms with Gasteiger partial charge in [-0.15, -0.1) is 0 Å². The second-order valence-electron chi connectivity index (χ2n) is 4.83. The largest absolute Gasteiger partial charge is 0.467 e. The Labute approximate surface area is 117 Å². The first-order chi connectivity index (χ1) is 9.84. The molecule has 0 saturated carbocycles. The molecule has 0 radical (unpaired) electrons. The van der Waals surface area contributed by atoms with Crippen LogP contribution in [0.5, 0.6) is 0 Å². The van der Waals surface area contributed by atoms with Crippen molar-refractivity contribution in [2.45, 2.75) is 25.4 Å². The van der Waals surface area contributed by atoms with Crippen molar-refractivity contribution in [1.82, 2.24) is 4.90 Å². The third-order valence-electron chi connectivity index (χ3n) is 3.53. The van der Waals surface area contributed by atoms with E-state index in [0.717, 1.165) is 18.6 Å². The number of rotatable bonds is 4. The van der Waals surface area contributed by atoms with Gasteiger partial charge in [-0.25, -0.2) is 0 Å². The van der Waals surface area contributed by atoms with Crippen LogP contribution in [0.2, 0.25) is 0 Å².